The first kappa shape index (κ1) is 17.1. The van der Waals surface area contributed by atoms with Crippen LogP contribution in [0.2, 0.25) is 0 Å². The summed E-state index contributed by atoms with van der Waals surface area (Å²) in [6.45, 7) is 14.0. The fraction of sp³-hybridized carbons (Fsp3) is 0.429. The first-order chi connectivity index (χ1) is 6.52. The number of hydrogen-bond acceptors (Lipinski definition) is 0. The molecule has 0 unspecified atom stereocenters. The van der Waals surface area contributed by atoms with Gasteiger partial charge in [0.25, 0.3) is 0 Å². The van der Waals surface area contributed by atoms with Gasteiger partial charge in [0.1, 0.15) is 0 Å². The second-order valence-electron chi connectivity index (χ2n) is 4.10. The molecule has 0 atom stereocenters. The minimum atomic E-state index is 0. The van der Waals surface area contributed by atoms with Crippen LogP contribution < -0.4 is 0 Å². The zero-order valence-corrected chi connectivity index (χ0v) is 11.0. The third kappa shape index (κ3) is 8.72. The summed E-state index contributed by atoms with van der Waals surface area (Å²) >= 11 is 0. The van der Waals surface area contributed by atoms with E-state index in [9.17, 15) is 0 Å². The standard InChI is InChI=1S/C10H13.C4H9.Cu/c1-10(2,3)9-7-5-4-6-8-9;1-3-4-2;/h4-8H,1H2,2-3H3;1,3-4H2,2H3;/q2*-1;+2. The third-order valence-corrected chi connectivity index (χ3v) is 1.91. The van der Waals surface area contributed by atoms with Gasteiger partial charge in [-0.15, -0.1) is 5.41 Å². The molecule has 0 aliphatic carbocycles. The second-order valence-corrected chi connectivity index (χ2v) is 4.10. The van der Waals surface area contributed by atoms with Gasteiger partial charge in [0.05, 0.1) is 0 Å². The molecule has 0 aliphatic rings. The first-order valence-electron chi connectivity index (χ1n) is 5.22. The summed E-state index contributed by atoms with van der Waals surface area (Å²) in [6.07, 6.45) is 2.28. The van der Waals surface area contributed by atoms with Gasteiger partial charge in [-0.1, -0.05) is 63.1 Å². The normalized spacial score (nSPS) is 9.67. The van der Waals surface area contributed by atoms with Gasteiger partial charge in [0, 0.05) is 0 Å². The molecule has 0 aromatic heterocycles. The number of rotatable bonds is 2. The molecular weight excluding hydrogens is 232 g/mol. The first-order valence-corrected chi connectivity index (χ1v) is 5.22. The van der Waals surface area contributed by atoms with Crippen LogP contribution in [-0.2, 0) is 22.5 Å². The van der Waals surface area contributed by atoms with Crippen molar-refractivity contribution >= 4 is 0 Å². The summed E-state index contributed by atoms with van der Waals surface area (Å²) < 4.78 is 0. The molecule has 0 saturated carbocycles. The Hall–Kier alpha value is -0.261. The van der Waals surface area contributed by atoms with Crippen LogP contribution in [0, 0.1) is 13.8 Å². The maximum absolute atomic E-state index is 4.04. The molecule has 15 heavy (non-hydrogen) atoms. The van der Waals surface area contributed by atoms with Crippen molar-refractivity contribution < 1.29 is 17.1 Å². The monoisotopic (exact) mass is 253 g/mol. The molecule has 1 aromatic carbocycles. The predicted octanol–water partition coefficient (Wildman–Crippen LogP) is 4.42. The van der Waals surface area contributed by atoms with E-state index in [0.29, 0.717) is 0 Å². The van der Waals surface area contributed by atoms with E-state index in [4.69, 9.17) is 0 Å². The molecule has 89 valence electrons. The largest absolute Gasteiger partial charge is 2.00 e. The van der Waals surface area contributed by atoms with E-state index in [1.165, 1.54) is 12.0 Å². The van der Waals surface area contributed by atoms with Crippen LogP contribution in [0.5, 0.6) is 0 Å². The van der Waals surface area contributed by atoms with E-state index >= 15 is 0 Å². The average Bonchev–Trinajstić information content (AvgIpc) is 2.18. The smallest absolute Gasteiger partial charge is 0.343 e. The molecule has 0 heterocycles. The Kier molecular flexibility index (Phi) is 10.3. The Morgan fingerprint density at radius 2 is 1.53 bits per heavy atom. The molecule has 0 nitrogen and oxygen atoms in total. The second kappa shape index (κ2) is 9.00. The van der Waals surface area contributed by atoms with Crippen molar-refractivity contribution in [3.63, 3.8) is 0 Å². The van der Waals surface area contributed by atoms with Crippen molar-refractivity contribution in [2.75, 3.05) is 0 Å². The molecule has 1 rings (SSSR count). The maximum atomic E-state index is 4.04. The van der Waals surface area contributed by atoms with E-state index in [-0.39, 0.29) is 22.5 Å². The molecule has 0 saturated heterocycles. The Labute approximate surface area is 106 Å². The average molecular weight is 254 g/mol. The topological polar surface area (TPSA) is 0 Å². The zero-order valence-electron chi connectivity index (χ0n) is 10.0. The van der Waals surface area contributed by atoms with Crippen molar-refractivity contribution in [3.8, 4) is 0 Å². The predicted molar refractivity (Wildman–Crippen MR) is 65.1 cm³/mol. The van der Waals surface area contributed by atoms with Crippen LogP contribution in [0.15, 0.2) is 30.3 Å². The van der Waals surface area contributed by atoms with Gasteiger partial charge in [-0.25, -0.2) is 0 Å². The number of unbranched alkanes of at least 4 members (excludes halogenated alkanes) is 1. The molecule has 0 amide bonds. The van der Waals surface area contributed by atoms with Gasteiger partial charge in [-0.05, 0) is 0 Å². The molecule has 0 spiro atoms. The molecule has 1 radical (unpaired) electrons. The minimum absolute atomic E-state index is 0. The molecule has 0 N–H and O–H groups in total. The summed E-state index contributed by atoms with van der Waals surface area (Å²) in [5.41, 5.74) is 1.33. The van der Waals surface area contributed by atoms with Crippen LogP contribution in [-0.4, -0.2) is 0 Å². The van der Waals surface area contributed by atoms with Crippen molar-refractivity contribution in [2.24, 2.45) is 0 Å². The van der Waals surface area contributed by atoms with Gasteiger partial charge in [0.2, 0.25) is 0 Å². The summed E-state index contributed by atoms with van der Waals surface area (Å²) in [5.74, 6) is 0. The van der Waals surface area contributed by atoms with Gasteiger partial charge in [0.15, 0.2) is 0 Å². The van der Waals surface area contributed by atoms with Gasteiger partial charge >= 0.3 is 17.1 Å². The van der Waals surface area contributed by atoms with Crippen molar-refractivity contribution in [2.45, 2.75) is 39.0 Å². The van der Waals surface area contributed by atoms with E-state index < -0.39 is 0 Å². The summed E-state index contributed by atoms with van der Waals surface area (Å²) in [5, 5.41) is 0. The molecule has 0 fully saturated rings. The SMILES string of the molecule is [CH2-]C(C)(C)c1ccccc1.[CH2-]CCC.[Cu+2]. The quantitative estimate of drug-likeness (QED) is 0.541. The van der Waals surface area contributed by atoms with E-state index in [2.05, 4.69) is 46.8 Å². The summed E-state index contributed by atoms with van der Waals surface area (Å²) in [7, 11) is 0. The summed E-state index contributed by atoms with van der Waals surface area (Å²) in [6, 6.07) is 10.3. The Bertz CT molecular complexity index is 219. The van der Waals surface area contributed by atoms with Gasteiger partial charge < -0.3 is 13.8 Å². The van der Waals surface area contributed by atoms with Crippen LogP contribution in [0.1, 0.15) is 39.2 Å². The molecule has 0 aliphatic heterocycles. The van der Waals surface area contributed by atoms with E-state index in [1.54, 1.807) is 0 Å². The van der Waals surface area contributed by atoms with E-state index in [0.717, 1.165) is 6.42 Å². The van der Waals surface area contributed by atoms with Gasteiger partial charge in [-0.2, -0.15) is 6.42 Å². The van der Waals surface area contributed by atoms with Crippen molar-refractivity contribution in [1.82, 2.24) is 0 Å². The minimum Gasteiger partial charge on any atom is -0.343 e. The molecular formula is C14H22Cu. The van der Waals surface area contributed by atoms with Crippen molar-refractivity contribution in [1.29, 1.82) is 0 Å². The zero-order chi connectivity index (χ0) is 11.0. The van der Waals surface area contributed by atoms with Crippen LogP contribution in [0.25, 0.3) is 0 Å². The molecule has 0 bridgehead atoms. The molecule has 1 aromatic rings. The Morgan fingerprint density at radius 1 is 1.13 bits per heavy atom. The Morgan fingerprint density at radius 3 is 1.73 bits per heavy atom. The summed E-state index contributed by atoms with van der Waals surface area (Å²) in [4.78, 5) is 0. The molecule has 1 heteroatoms. The van der Waals surface area contributed by atoms with E-state index in [1.807, 2.05) is 18.2 Å². The Balaban J connectivity index is 0. The number of benzene rings is 1. The maximum Gasteiger partial charge on any atom is 2.00 e. The fourth-order valence-corrected chi connectivity index (χ4v) is 0.889. The van der Waals surface area contributed by atoms with Gasteiger partial charge in [-0.3, -0.25) is 0 Å². The van der Waals surface area contributed by atoms with Crippen LogP contribution >= 0.6 is 0 Å². The van der Waals surface area contributed by atoms with Crippen LogP contribution in [0.4, 0.5) is 0 Å². The fourth-order valence-electron chi connectivity index (χ4n) is 0.889. The van der Waals surface area contributed by atoms with Crippen molar-refractivity contribution in [3.05, 3.63) is 49.7 Å². The third-order valence-electron chi connectivity index (χ3n) is 1.91. The van der Waals surface area contributed by atoms with Crippen LogP contribution in [0.3, 0.4) is 0 Å². The number of hydrogen-bond donors (Lipinski definition) is 0.